The summed E-state index contributed by atoms with van der Waals surface area (Å²) in [4.78, 5) is 38.7. The molecule has 0 saturated carbocycles. The highest BCUT2D eigenvalue weighted by molar-refractivity contribution is 6.06. The molecule has 0 aliphatic heterocycles. The summed E-state index contributed by atoms with van der Waals surface area (Å²) in [6, 6.07) is 16.7. The van der Waals surface area contributed by atoms with Crippen molar-refractivity contribution >= 4 is 34.6 Å². The van der Waals surface area contributed by atoms with Gasteiger partial charge in [-0.15, -0.1) is 0 Å². The van der Waals surface area contributed by atoms with Gasteiger partial charge in [-0.1, -0.05) is 24.3 Å². The van der Waals surface area contributed by atoms with Crippen molar-refractivity contribution in [1.82, 2.24) is 4.98 Å². The minimum atomic E-state index is -4.58. The van der Waals surface area contributed by atoms with Gasteiger partial charge in [-0.25, -0.2) is 14.6 Å². The van der Waals surface area contributed by atoms with Gasteiger partial charge in [-0.05, 0) is 60.7 Å². The Labute approximate surface area is 254 Å². The number of rotatable bonds is 5. The summed E-state index contributed by atoms with van der Waals surface area (Å²) in [6.07, 6.45) is -9.06. The molecule has 0 unspecified atom stereocenters. The number of esters is 1. The Bertz CT molecular complexity index is 1930. The molecule has 0 atom stereocenters. The number of aromatic hydroxyl groups is 1. The van der Waals surface area contributed by atoms with Crippen molar-refractivity contribution in [3.8, 4) is 17.2 Å². The van der Waals surface area contributed by atoms with Gasteiger partial charge < -0.3 is 24.7 Å². The molecule has 46 heavy (non-hydrogen) atoms. The van der Waals surface area contributed by atoms with Crippen molar-refractivity contribution in [3.63, 3.8) is 0 Å². The minimum Gasteiger partial charge on any atom is -0.505 e. The standard InChI is InChI=1S/C16H12F3NO4.C15H8F3NO3/c1-24-15(23)11-6-3-7-12(13(11)21)20-14(22)9-4-2-5-10(8-9)16(17,18)19;16-15(17,18)9-4-1-3-8(7-9)13-19-11-6-2-5-10(14(20)21)12(11)22-13/h2-8,21H,1H3,(H,20,22);1-7H,(H,20,21). The number of carbonyl (C=O) groups is 3. The number of methoxy groups -OCH3 is 1. The highest BCUT2D eigenvalue weighted by atomic mass is 19.4. The van der Waals surface area contributed by atoms with Crippen LogP contribution in [-0.2, 0) is 17.1 Å². The average Bonchev–Trinajstić information content (AvgIpc) is 3.46. The van der Waals surface area contributed by atoms with E-state index in [1.54, 1.807) is 0 Å². The third-order valence-electron chi connectivity index (χ3n) is 6.22. The van der Waals surface area contributed by atoms with Gasteiger partial charge in [0, 0.05) is 11.1 Å². The molecular weight excluding hydrogens is 626 g/mol. The van der Waals surface area contributed by atoms with E-state index in [-0.39, 0.29) is 44.9 Å². The average molecular weight is 646 g/mol. The summed E-state index contributed by atoms with van der Waals surface area (Å²) in [5.41, 5.74) is -2.01. The van der Waals surface area contributed by atoms with Crippen molar-refractivity contribution in [1.29, 1.82) is 0 Å². The third kappa shape index (κ3) is 7.43. The molecule has 3 N–H and O–H groups in total. The molecule has 9 nitrogen and oxygen atoms in total. The lowest BCUT2D eigenvalue weighted by molar-refractivity contribution is -0.138. The van der Waals surface area contributed by atoms with Gasteiger partial charge in [0.25, 0.3) is 5.91 Å². The zero-order chi connectivity index (χ0) is 33.8. The molecular formula is C31H20F6N2O7. The Morgan fingerprint density at radius 2 is 1.39 bits per heavy atom. The summed E-state index contributed by atoms with van der Waals surface area (Å²) in [7, 11) is 1.12. The predicted octanol–water partition coefficient (Wildman–Crippen LogP) is 7.66. The van der Waals surface area contributed by atoms with E-state index in [0.29, 0.717) is 6.07 Å². The highest BCUT2D eigenvalue weighted by Crippen LogP contribution is 2.34. The molecule has 0 bridgehead atoms. The van der Waals surface area contributed by atoms with Crippen molar-refractivity contribution in [2.45, 2.75) is 12.4 Å². The number of fused-ring (bicyclic) bond motifs is 1. The van der Waals surface area contributed by atoms with Crippen LogP contribution < -0.4 is 5.32 Å². The number of alkyl halides is 6. The molecule has 5 aromatic rings. The van der Waals surface area contributed by atoms with Crippen LogP contribution in [-0.4, -0.2) is 40.2 Å². The second-order valence-electron chi connectivity index (χ2n) is 9.28. The van der Waals surface area contributed by atoms with Crippen molar-refractivity contribution in [2.75, 3.05) is 12.4 Å². The lowest BCUT2D eigenvalue weighted by Gasteiger charge is -2.11. The molecule has 5 rings (SSSR count). The monoisotopic (exact) mass is 646 g/mol. The Kier molecular flexibility index (Phi) is 9.35. The number of phenolic OH excluding ortho intramolecular Hbond substituents is 1. The van der Waals surface area contributed by atoms with Crippen molar-refractivity contribution < 1.29 is 60.1 Å². The SMILES string of the molecule is COC(=O)c1cccc(NC(=O)c2cccc(C(F)(F)F)c2)c1O.O=C(O)c1cccc2nc(-c3cccc(C(F)(F)F)c3)oc12. The number of hydrogen-bond acceptors (Lipinski definition) is 7. The van der Waals surface area contributed by atoms with Gasteiger partial charge in [0.1, 0.15) is 16.6 Å². The number of carboxylic acid groups (broad SMARTS) is 1. The van der Waals surface area contributed by atoms with Crippen LogP contribution in [0.3, 0.4) is 0 Å². The van der Waals surface area contributed by atoms with E-state index in [1.165, 1.54) is 54.6 Å². The normalized spacial score (nSPS) is 11.4. The van der Waals surface area contributed by atoms with Gasteiger partial charge >= 0.3 is 24.3 Å². The Morgan fingerprint density at radius 1 is 0.804 bits per heavy atom. The van der Waals surface area contributed by atoms with Gasteiger partial charge in [-0.2, -0.15) is 26.3 Å². The number of amides is 1. The number of anilines is 1. The number of oxazole rings is 1. The van der Waals surface area contributed by atoms with Crippen LogP contribution >= 0.6 is 0 Å². The lowest BCUT2D eigenvalue weighted by atomic mass is 10.1. The lowest BCUT2D eigenvalue weighted by Crippen LogP contribution is -2.14. The molecule has 0 spiro atoms. The number of para-hydroxylation sites is 2. The summed E-state index contributed by atoms with van der Waals surface area (Å²) in [6.45, 7) is 0. The second-order valence-corrected chi connectivity index (χ2v) is 9.28. The molecule has 1 aromatic heterocycles. The molecule has 15 heteroatoms. The zero-order valence-corrected chi connectivity index (χ0v) is 23.2. The number of aromatic nitrogens is 1. The summed E-state index contributed by atoms with van der Waals surface area (Å²) < 4.78 is 86.1. The summed E-state index contributed by atoms with van der Waals surface area (Å²) >= 11 is 0. The fourth-order valence-corrected chi connectivity index (χ4v) is 4.02. The first-order valence-corrected chi connectivity index (χ1v) is 12.8. The van der Waals surface area contributed by atoms with Crippen LogP contribution in [0.4, 0.5) is 32.0 Å². The first-order valence-electron chi connectivity index (χ1n) is 12.8. The van der Waals surface area contributed by atoms with Crippen LogP contribution in [0, 0.1) is 0 Å². The maximum atomic E-state index is 12.7. The fourth-order valence-electron chi connectivity index (χ4n) is 4.02. The quantitative estimate of drug-likeness (QED) is 0.101. The molecule has 0 aliphatic carbocycles. The molecule has 4 aromatic carbocycles. The number of nitrogens with one attached hydrogen (secondary N) is 1. The molecule has 0 fully saturated rings. The maximum absolute atomic E-state index is 12.7. The number of hydrogen-bond donors (Lipinski definition) is 3. The first-order chi connectivity index (χ1) is 21.6. The van der Waals surface area contributed by atoms with Crippen molar-refractivity contribution in [3.05, 3.63) is 113 Å². The van der Waals surface area contributed by atoms with Gasteiger partial charge in [0.2, 0.25) is 5.89 Å². The molecule has 1 heterocycles. The Morgan fingerprint density at radius 3 is 2.02 bits per heavy atom. The number of carboxylic acids is 1. The molecule has 0 aliphatic rings. The number of carbonyl (C=O) groups excluding carboxylic acids is 2. The Balaban J connectivity index is 0.000000209. The predicted molar refractivity (Wildman–Crippen MR) is 150 cm³/mol. The van der Waals surface area contributed by atoms with Gasteiger partial charge in [0.15, 0.2) is 11.3 Å². The largest absolute Gasteiger partial charge is 0.505 e. The number of halogens is 6. The maximum Gasteiger partial charge on any atom is 0.416 e. The number of benzene rings is 4. The topological polar surface area (TPSA) is 139 Å². The molecule has 1 amide bonds. The minimum absolute atomic E-state index is 0.0300. The van der Waals surface area contributed by atoms with Crippen LogP contribution in [0.1, 0.15) is 42.2 Å². The third-order valence-corrected chi connectivity index (χ3v) is 6.22. The summed E-state index contributed by atoms with van der Waals surface area (Å²) in [5.74, 6) is -3.47. The van der Waals surface area contributed by atoms with Gasteiger partial charge in [-0.3, -0.25) is 4.79 Å². The van der Waals surface area contributed by atoms with Crippen LogP contribution in [0.25, 0.3) is 22.6 Å². The van der Waals surface area contributed by atoms with E-state index < -0.39 is 47.1 Å². The van der Waals surface area contributed by atoms with E-state index in [4.69, 9.17) is 9.52 Å². The number of phenols is 1. The smallest absolute Gasteiger partial charge is 0.416 e. The van der Waals surface area contributed by atoms with E-state index in [2.05, 4.69) is 15.0 Å². The van der Waals surface area contributed by atoms with E-state index in [0.717, 1.165) is 31.4 Å². The zero-order valence-electron chi connectivity index (χ0n) is 23.2. The molecule has 0 radical (unpaired) electrons. The summed E-state index contributed by atoms with van der Waals surface area (Å²) in [5, 5.41) is 21.3. The first kappa shape index (κ1) is 33.0. The fraction of sp³-hybridized carbons (Fsp3) is 0.0968. The van der Waals surface area contributed by atoms with E-state index >= 15 is 0 Å². The van der Waals surface area contributed by atoms with Crippen LogP contribution in [0.2, 0.25) is 0 Å². The molecule has 0 saturated heterocycles. The van der Waals surface area contributed by atoms with Crippen molar-refractivity contribution in [2.24, 2.45) is 0 Å². The highest BCUT2D eigenvalue weighted by Gasteiger charge is 2.32. The number of aromatic carboxylic acids is 1. The number of ether oxygens (including phenoxy) is 1. The van der Waals surface area contributed by atoms with Gasteiger partial charge in [0.05, 0.1) is 23.9 Å². The van der Waals surface area contributed by atoms with E-state index in [1.807, 2.05) is 0 Å². The second kappa shape index (κ2) is 13.0. The van der Waals surface area contributed by atoms with Crippen LogP contribution in [0.15, 0.2) is 89.3 Å². The van der Waals surface area contributed by atoms with Crippen LogP contribution in [0.5, 0.6) is 5.75 Å². The molecule has 238 valence electrons. The van der Waals surface area contributed by atoms with E-state index in [9.17, 15) is 45.8 Å². The number of nitrogens with zero attached hydrogens (tertiary/aromatic N) is 1. The Hall–Kier alpha value is -5.86.